The molecule has 0 amide bonds. The van der Waals surface area contributed by atoms with E-state index in [0.29, 0.717) is 5.41 Å². The maximum Gasteiger partial charge on any atom is 0.0135 e. The summed E-state index contributed by atoms with van der Waals surface area (Å²) in [5.41, 5.74) is 6.18. The molecule has 2 nitrogen and oxygen atoms in total. The molecule has 5 unspecified atom stereocenters. The van der Waals surface area contributed by atoms with Crippen molar-refractivity contribution < 1.29 is 0 Å². The van der Waals surface area contributed by atoms with Crippen molar-refractivity contribution in [3.05, 3.63) is 0 Å². The fourth-order valence-electron chi connectivity index (χ4n) is 5.43. The molecule has 2 heteroatoms. The molecule has 0 spiro atoms. The van der Waals surface area contributed by atoms with E-state index in [-0.39, 0.29) is 0 Å². The molecular weight excluding hydrogens is 244 g/mol. The van der Waals surface area contributed by atoms with E-state index in [1.54, 1.807) is 6.42 Å². The van der Waals surface area contributed by atoms with Crippen molar-refractivity contribution in [1.82, 2.24) is 5.32 Å². The van der Waals surface area contributed by atoms with Crippen LogP contribution in [0.5, 0.6) is 0 Å². The first-order chi connectivity index (χ1) is 9.52. The third-order valence-electron chi connectivity index (χ3n) is 6.58. The minimum atomic E-state index is 0.411. The van der Waals surface area contributed by atoms with E-state index in [4.69, 9.17) is 5.73 Å². The first-order valence-electron chi connectivity index (χ1n) is 8.96. The normalized spacial score (nSPS) is 39.9. The van der Waals surface area contributed by atoms with Crippen LogP contribution in [0.15, 0.2) is 0 Å². The van der Waals surface area contributed by atoms with Crippen LogP contribution < -0.4 is 11.1 Å². The molecular formula is C18H34N2. The van der Waals surface area contributed by atoms with E-state index >= 15 is 0 Å². The topological polar surface area (TPSA) is 38.0 Å². The second-order valence-electron chi connectivity index (χ2n) is 8.75. The van der Waals surface area contributed by atoms with Crippen LogP contribution in [0.3, 0.4) is 0 Å². The van der Waals surface area contributed by atoms with E-state index in [2.05, 4.69) is 26.1 Å². The third-order valence-corrected chi connectivity index (χ3v) is 6.58. The van der Waals surface area contributed by atoms with Crippen LogP contribution in [0.2, 0.25) is 0 Å². The number of hydrogen-bond acceptors (Lipinski definition) is 2. The van der Waals surface area contributed by atoms with Gasteiger partial charge >= 0.3 is 0 Å². The molecule has 0 saturated heterocycles. The fourth-order valence-corrected chi connectivity index (χ4v) is 5.43. The molecule has 0 aromatic heterocycles. The molecule has 3 aliphatic rings. The van der Waals surface area contributed by atoms with E-state index in [1.807, 2.05) is 0 Å². The summed E-state index contributed by atoms with van der Waals surface area (Å²) >= 11 is 0. The van der Waals surface area contributed by atoms with Gasteiger partial charge in [0.1, 0.15) is 0 Å². The lowest BCUT2D eigenvalue weighted by Gasteiger charge is -2.30. The predicted molar refractivity (Wildman–Crippen MR) is 85.5 cm³/mol. The standard InChI is InChI=1S/C18H34N2/c1-18(2,3)14(8-9-19)5-4-10-20-17-15-12-6-7-13(11-12)16(15)17/h12-17,20H,4-11,19H2,1-3H3. The second-order valence-corrected chi connectivity index (χ2v) is 8.75. The zero-order valence-corrected chi connectivity index (χ0v) is 13.7. The molecule has 3 rings (SSSR count). The van der Waals surface area contributed by atoms with Crippen LogP contribution in [-0.2, 0) is 0 Å². The van der Waals surface area contributed by atoms with Gasteiger partial charge in [-0.05, 0) is 86.6 Å². The van der Waals surface area contributed by atoms with Crippen LogP contribution in [0.25, 0.3) is 0 Å². The molecule has 2 bridgehead atoms. The summed E-state index contributed by atoms with van der Waals surface area (Å²) in [6, 6.07) is 0.906. The van der Waals surface area contributed by atoms with Gasteiger partial charge in [0.25, 0.3) is 0 Å². The highest BCUT2D eigenvalue weighted by molar-refractivity contribution is 5.16. The van der Waals surface area contributed by atoms with Crippen molar-refractivity contribution in [1.29, 1.82) is 0 Å². The minimum absolute atomic E-state index is 0.411. The van der Waals surface area contributed by atoms with Crippen molar-refractivity contribution in [2.24, 2.45) is 40.7 Å². The Hall–Kier alpha value is -0.0800. The van der Waals surface area contributed by atoms with Crippen molar-refractivity contribution >= 4 is 0 Å². The van der Waals surface area contributed by atoms with Gasteiger partial charge in [-0.25, -0.2) is 0 Å². The number of rotatable bonds is 7. The quantitative estimate of drug-likeness (QED) is 0.700. The Balaban J connectivity index is 1.35. The van der Waals surface area contributed by atoms with E-state index in [0.717, 1.165) is 42.2 Å². The molecule has 3 fully saturated rings. The SMILES string of the molecule is CC(C)(C)C(CCN)CCCNC1C2C3CCC(C3)C12. The summed E-state index contributed by atoms with van der Waals surface area (Å²) < 4.78 is 0. The summed E-state index contributed by atoms with van der Waals surface area (Å²) in [4.78, 5) is 0. The van der Waals surface area contributed by atoms with E-state index < -0.39 is 0 Å². The number of fused-ring (bicyclic) bond motifs is 5. The average Bonchev–Trinajstić information content (AvgIpc) is 2.78. The highest BCUT2D eigenvalue weighted by Gasteiger charge is 2.64. The lowest BCUT2D eigenvalue weighted by molar-refractivity contribution is 0.210. The summed E-state index contributed by atoms with van der Waals surface area (Å²) in [5.74, 6) is 5.14. The Kier molecular flexibility index (Phi) is 4.16. The van der Waals surface area contributed by atoms with E-state index in [1.165, 1.54) is 38.6 Å². The lowest BCUT2D eigenvalue weighted by atomic mass is 9.76. The molecule has 3 aliphatic carbocycles. The molecule has 0 heterocycles. The Labute approximate surface area is 125 Å². The molecule has 0 aliphatic heterocycles. The third kappa shape index (κ3) is 2.78. The number of hydrogen-bond donors (Lipinski definition) is 2. The maximum atomic E-state index is 5.77. The summed E-state index contributed by atoms with van der Waals surface area (Å²) in [5, 5.41) is 3.88. The fraction of sp³-hybridized carbons (Fsp3) is 1.00. The molecule has 3 saturated carbocycles. The lowest BCUT2D eigenvalue weighted by Crippen LogP contribution is -2.27. The first kappa shape index (κ1) is 14.8. The van der Waals surface area contributed by atoms with Crippen LogP contribution in [0.4, 0.5) is 0 Å². The molecule has 5 atom stereocenters. The molecule has 0 radical (unpaired) electrons. The zero-order chi connectivity index (χ0) is 14.3. The molecule has 116 valence electrons. The van der Waals surface area contributed by atoms with Crippen LogP contribution in [0, 0.1) is 35.0 Å². The Morgan fingerprint density at radius 1 is 1.10 bits per heavy atom. The minimum Gasteiger partial charge on any atom is -0.330 e. The van der Waals surface area contributed by atoms with Crippen molar-refractivity contribution in [3.8, 4) is 0 Å². The van der Waals surface area contributed by atoms with Gasteiger partial charge in [-0.3, -0.25) is 0 Å². The molecule has 0 aromatic rings. The monoisotopic (exact) mass is 278 g/mol. The highest BCUT2D eigenvalue weighted by Crippen LogP contribution is 2.65. The Morgan fingerprint density at radius 3 is 2.30 bits per heavy atom. The first-order valence-corrected chi connectivity index (χ1v) is 8.96. The molecule has 3 N–H and O–H groups in total. The van der Waals surface area contributed by atoms with Crippen LogP contribution in [0.1, 0.15) is 59.3 Å². The van der Waals surface area contributed by atoms with Gasteiger partial charge in [0.2, 0.25) is 0 Å². The second kappa shape index (κ2) is 5.61. The summed E-state index contributed by atoms with van der Waals surface area (Å²) in [6.45, 7) is 9.16. The number of nitrogens with two attached hydrogens (primary N) is 1. The Morgan fingerprint density at radius 2 is 1.75 bits per heavy atom. The van der Waals surface area contributed by atoms with Crippen molar-refractivity contribution in [2.75, 3.05) is 13.1 Å². The van der Waals surface area contributed by atoms with Gasteiger partial charge in [-0.2, -0.15) is 0 Å². The van der Waals surface area contributed by atoms with Gasteiger partial charge in [-0.15, -0.1) is 0 Å². The van der Waals surface area contributed by atoms with Crippen molar-refractivity contribution in [3.63, 3.8) is 0 Å². The van der Waals surface area contributed by atoms with Gasteiger partial charge in [0.05, 0.1) is 0 Å². The molecule has 20 heavy (non-hydrogen) atoms. The van der Waals surface area contributed by atoms with Gasteiger partial charge in [-0.1, -0.05) is 20.8 Å². The predicted octanol–water partition coefficient (Wildman–Crippen LogP) is 3.41. The zero-order valence-electron chi connectivity index (χ0n) is 13.7. The van der Waals surface area contributed by atoms with E-state index in [9.17, 15) is 0 Å². The largest absolute Gasteiger partial charge is 0.330 e. The molecule has 0 aromatic carbocycles. The van der Waals surface area contributed by atoms with Crippen LogP contribution >= 0.6 is 0 Å². The summed E-state index contributed by atoms with van der Waals surface area (Å²) in [6.07, 6.45) is 8.48. The summed E-state index contributed by atoms with van der Waals surface area (Å²) in [7, 11) is 0. The van der Waals surface area contributed by atoms with Crippen LogP contribution in [-0.4, -0.2) is 19.1 Å². The van der Waals surface area contributed by atoms with Gasteiger partial charge in [0, 0.05) is 6.04 Å². The van der Waals surface area contributed by atoms with Gasteiger partial charge in [0.15, 0.2) is 0 Å². The van der Waals surface area contributed by atoms with Gasteiger partial charge < -0.3 is 11.1 Å². The highest BCUT2D eigenvalue weighted by atomic mass is 15.0. The smallest absolute Gasteiger partial charge is 0.0135 e. The maximum absolute atomic E-state index is 5.77. The average molecular weight is 278 g/mol. The Bertz CT molecular complexity index is 317. The number of nitrogens with one attached hydrogen (secondary N) is 1. The van der Waals surface area contributed by atoms with Crippen molar-refractivity contribution in [2.45, 2.75) is 65.3 Å².